The zero-order chi connectivity index (χ0) is 10.7. The van der Waals surface area contributed by atoms with Gasteiger partial charge in [-0.2, -0.15) is 0 Å². The number of aliphatic hydroxyl groups is 1. The van der Waals surface area contributed by atoms with Crippen molar-refractivity contribution < 1.29 is 24.9 Å². The lowest BCUT2D eigenvalue weighted by Gasteiger charge is -2.39. The first-order chi connectivity index (χ1) is 6.57. The van der Waals surface area contributed by atoms with Crippen LogP contribution in [-0.2, 0) is 0 Å². The Morgan fingerprint density at radius 3 is 2.36 bits per heavy atom. The molecule has 1 heterocycles. The molecule has 7 heteroatoms. The number of rotatable bonds is 1. The summed E-state index contributed by atoms with van der Waals surface area (Å²) in [7, 11) is 0. The summed E-state index contributed by atoms with van der Waals surface area (Å²) < 4.78 is 0. The minimum Gasteiger partial charge on any atom is -0.464 e. The van der Waals surface area contributed by atoms with Crippen molar-refractivity contribution in [2.24, 2.45) is 0 Å². The van der Waals surface area contributed by atoms with Crippen molar-refractivity contribution in [3.05, 3.63) is 0 Å². The van der Waals surface area contributed by atoms with E-state index in [1.165, 1.54) is 0 Å². The molecule has 14 heavy (non-hydrogen) atoms. The van der Waals surface area contributed by atoms with Gasteiger partial charge in [-0.1, -0.05) is 0 Å². The molecule has 0 aliphatic carbocycles. The third kappa shape index (κ3) is 1.87. The highest BCUT2D eigenvalue weighted by molar-refractivity contribution is 5.72. The summed E-state index contributed by atoms with van der Waals surface area (Å²) in [5.74, 6) is 0. The van der Waals surface area contributed by atoms with Crippen molar-refractivity contribution in [1.29, 1.82) is 0 Å². The second-order valence-electron chi connectivity index (χ2n) is 3.01. The Balaban J connectivity index is 2.83. The fourth-order valence-corrected chi connectivity index (χ4v) is 1.52. The molecule has 2 amide bonds. The van der Waals surface area contributed by atoms with Gasteiger partial charge in [0.2, 0.25) is 0 Å². The topological polar surface area (TPSA) is 101 Å². The smallest absolute Gasteiger partial charge is 0.426 e. The maximum atomic E-state index is 10.7. The van der Waals surface area contributed by atoms with E-state index in [1.54, 1.807) is 0 Å². The van der Waals surface area contributed by atoms with Gasteiger partial charge in [0, 0.05) is 6.54 Å². The molecule has 0 aromatic carbocycles. The third-order valence-electron chi connectivity index (χ3n) is 2.14. The van der Waals surface area contributed by atoms with Crippen LogP contribution < -0.4 is 0 Å². The van der Waals surface area contributed by atoms with E-state index in [2.05, 4.69) is 0 Å². The Morgan fingerprint density at radius 1 is 1.29 bits per heavy atom. The van der Waals surface area contributed by atoms with E-state index in [4.69, 9.17) is 15.3 Å². The van der Waals surface area contributed by atoms with E-state index in [9.17, 15) is 9.59 Å². The van der Waals surface area contributed by atoms with E-state index in [-0.39, 0.29) is 13.2 Å². The number of hydrogen-bond donors (Lipinski definition) is 3. The van der Waals surface area contributed by atoms with E-state index >= 15 is 0 Å². The predicted molar refractivity (Wildman–Crippen MR) is 44.7 cm³/mol. The van der Waals surface area contributed by atoms with Gasteiger partial charge in [-0.15, -0.1) is 0 Å². The summed E-state index contributed by atoms with van der Waals surface area (Å²) in [6, 6.07) is -0.655. The second kappa shape index (κ2) is 4.14. The average molecular weight is 204 g/mol. The van der Waals surface area contributed by atoms with Crippen LogP contribution in [0.25, 0.3) is 0 Å². The first kappa shape index (κ1) is 10.6. The van der Waals surface area contributed by atoms with Crippen LogP contribution in [-0.4, -0.2) is 56.7 Å². The monoisotopic (exact) mass is 204 g/mol. The summed E-state index contributed by atoms with van der Waals surface area (Å²) in [4.78, 5) is 21.4. The summed E-state index contributed by atoms with van der Waals surface area (Å²) in [5.41, 5.74) is 0. The van der Waals surface area contributed by atoms with Gasteiger partial charge >= 0.3 is 12.2 Å². The molecule has 0 saturated carbocycles. The summed E-state index contributed by atoms with van der Waals surface area (Å²) in [5, 5.41) is 27.8. The van der Waals surface area contributed by atoms with Crippen LogP contribution in [0.1, 0.15) is 12.8 Å². The van der Waals surface area contributed by atoms with Gasteiger partial charge in [-0.3, -0.25) is 0 Å². The lowest BCUT2D eigenvalue weighted by molar-refractivity contribution is -0.0622. The summed E-state index contributed by atoms with van der Waals surface area (Å²) >= 11 is 0. The number of amides is 2. The van der Waals surface area contributed by atoms with E-state index in [0.717, 1.165) is 0 Å². The number of aliphatic hydroxyl groups excluding tert-OH is 1. The van der Waals surface area contributed by atoms with Crippen molar-refractivity contribution in [2.75, 3.05) is 13.2 Å². The fraction of sp³-hybridized carbons (Fsp3) is 0.714. The molecular weight excluding hydrogens is 192 g/mol. The Bertz CT molecular complexity index is 244. The highest BCUT2D eigenvalue weighted by Gasteiger charge is 2.35. The van der Waals surface area contributed by atoms with Crippen LogP contribution in [0.4, 0.5) is 9.59 Å². The molecule has 1 fully saturated rings. The van der Waals surface area contributed by atoms with Gasteiger partial charge in [0.1, 0.15) is 0 Å². The van der Waals surface area contributed by atoms with Crippen molar-refractivity contribution in [3.8, 4) is 0 Å². The third-order valence-corrected chi connectivity index (χ3v) is 2.14. The van der Waals surface area contributed by atoms with Gasteiger partial charge in [0.05, 0.1) is 12.6 Å². The molecule has 3 N–H and O–H groups in total. The molecule has 1 aliphatic rings. The SMILES string of the molecule is O=C(O)N1CCC[C@@H](CO)N1C(=O)O. The zero-order valence-corrected chi connectivity index (χ0v) is 7.46. The quantitative estimate of drug-likeness (QED) is 0.558. The van der Waals surface area contributed by atoms with Crippen molar-refractivity contribution in [1.82, 2.24) is 10.0 Å². The maximum Gasteiger partial charge on any atom is 0.426 e. The van der Waals surface area contributed by atoms with Crippen LogP contribution in [0.2, 0.25) is 0 Å². The molecule has 1 atom stereocenters. The predicted octanol–water partition coefficient (Wildman–Crippen LogP) is 0.0161. The molecule has 1 rings (SSSR count). The summed E-state index contributed by atoms with van der Waals surface area (Å²) in [6.07, 6.45) is -1.63. The first-order valence-electron chi connectivity index (χ1n) is 4.21. The number of nitrogens with zero attached hydrogens (tertiary/aromatic N) is 2. The molecule has 1 aliphatic heterocycles. The lowest BCUT2D eigenvalue weighted by Crippen LogP contribution is -2.58. The van der Waals surface area contributed by atoms with Crippen molar-refractivity contribution in [3.63, 3.8) is 0 Å². The van der Waals surface area contributed by atoms with Crippen LogP contribution in [0.5, 0.6) is 0 Å². The van der Waals surface area contributed by atoms with Crippen LogP contribution in [0.3, 0.4) is 0 Å². The van der Waals surface area contributed by atoms with Crippen LogP contribution in [0.15, 0.2) is 0 Å². The van der Waals surface area contributed by atoms with Gasteiger partial charge < -0.3 is 15.3 Å². The molecule has 0 spiro atoms. The van der Waals surface area contributed by atoms with Crippen molar-refractivity contribution >= 4 is 12.2 Å². The Hall–Kier alpha value is -1.50. The molecule has 1 saturated heterocycles. The molecule has 0 aromatic heterocycles. The highest BCUT2D eigenvalue weighted by Crippen LogP contribution is 2.18. The van der Waals surface area contributed by atoms with Gasteiger partial charge in [0.15, 0.2) is 0 Å². The number of carbonyl (C=O) groups is 2. The standard InChI is InChI=1S/C7H12N2O5/c10-4-5-2-1-3-8(6(11)12)9(5)7(13)14/h5,10H,1-4H2,(H,11,12)(H,13,14)/t5-/m0/s1. The molecule has 7 nitrogen and oxygen atoms in total. The van der Waals surface area contributed by atoms with Crippen LogP contribution in [0, 0.1) is 0 Å². The van der Waals surface area contributed by atoms with Crippen molar-refractivity contribution in [2.45, 2.75) is 18.9 Å². The van der Waals surface area contributed by atoms with E-state index < -0.39 is 18.2 Å². The zero-order valence-electron chi connectivity index (χ0n) is 7.46. The van der Waals surface area contributed by atoms with E-state index in [1.807, 2.05) is 0 Å². The molecule has 0 radical (unpaired) electrons. The maximum absolute atomic E-state index is 10.7. The Morgan fingerprint density at radius 2 is 1.93 bits per heavy atom. The second-order valence-corrected chi connectivity index (χ2v) is 3.01. The van der Waals surface area contributed by atoms with E-state index in [0.29, 0.717) is 22.9 Å². The number of hydrazine groups is 1. The lowest BCUT2D eigenvalue weighted by atomic mass is 10.1. The number of carboxylic acid groups (broad SMARTS) is 2. The van der Waals surface area contributed by atoms with Gasteiger partial charge in [0.25, 0.3) is 0 Å². The van der Waals surface area contributed by atoms with Gasteiger partial charge in [-0.05, 0) is 12.8 Å². The van der Waals surface area contributed by atoms with Gasteiger partial charge in [-0.25, -0.2) is 19.6 Å². The highest BCUT2D eigenvalue weighted by atomic mass is 16.4. The molecule has 80 valence electrons. The Labute approximate surface area is 80.1 Å². The largest absolute Gasteiger partial charge is 0.464 e. The normalized spacial score (nSPS) is 22.2. The minimum atomic E-state index is -1.36. The van der Waals surface area contributed by atoms with Crippen LogP contribution >= 0.6 is 0 Å². The number of hydrogen-bond acceptors (Lipinski definition) is 3. The molecule has 0 unspecified atom stereocenters. The fourth-order valence-electron chi connectivity index (χ4n) is 1.52. The summed E-state index contributed by atoms with van der Waals surface area (Å²) in [6.45, 7) is -0.214. The minimum absolute atomic E-state index is 0.151. The molecule has 0 bridgehead atoms. The molecule has 0 aromatic rings. The Kier molecular flexibility index (Phi) is 3.13. The molecular formula is C7H12N2O5. The average Bonchev–Trinajstić information content (AvgIpc) is 2.16. The first-order valence-corrected chi connectivity index (χ1v) is 4.21.